The number of hydrogen-bond acceptors (Lipinski definition) is 3. The third-order valence-corrected chi connectivity index (χ3v) is 5.45. The van der Waals surface area contributed by atoms with E-state index < -0.39 is 0 Å². The fourth-order valence-electron chi connectivity index (χ4n) is 3.90. The monoisotopic (exact) mass is 402 g/mol. The molecule has 0 atom stereocenters. The normalized spacial score (nSPS) is 12.5. The highest BCUT2D eigenvalue weighted by Gasteiger charge is 2.27. The van der Waals surface area contributed by atoms with E-state index in [1.165, 1.54) is 5.56 Å². The fraction of sp³-hybridized carbons (Fsp3) is 0.292. The number of amides is 2. The second-order valence-electron chi connectivity index (χ2n) is 7.45. The van der Waals surface area contributed by atoms with Crippen LogP contribution < -0.4 is 10.6 Å². The second kappa shape index (κ2) is 8.53. The van der Waals surface area contributed by atoms with Gasteiger partial charge in [-0.2, -0.15) is 5.10 Å². The number of aryl methyl sites for hydroxylation is 1. The van der Waals surface area contributed by atoms with E-state index >= 15 is 0 Å². The van der Waals surface area contributed by atoms with E-state index in [0.29, 0.717) is 23.5 Å². The van der Waals surface area contributed by atoms with E-state index in [9.17, 15) is 9.59 Å². The summed E-state index contributed by atoms with van der Waals surface area (Å²) in [6.45, 7) is 4.55. The molecule has 1 heterocycles. The first kappa shape index (κ1) is 19.9. The third kappa shape index (κ3) is 3.85. The molecule has 2 aromatic carbocycles. The molecular formula is C24H26N4O2. The summed E-state index contributed by atoms with van der Waals surface area (Å²) in [5, 5.41) is 10.3. The molecule has 0 radical (unpaired) electrons. The highest BCUT2D eigenvalue weighted by atomic mass is 16.2. The number of anilines is 1. The third-order valence-electron chi connectivity index (χ3n) is 5.45. The number of fused-ring (bicyclic) bond motifs is 1. The molecule has 6 nitrogen and oxygen atoms in total. The van der Waals surface area contributed by atoms with Crippen molar-refractivity contribution in [3.05, 3.63) is 76.6 Å². The summed E-state index contributed by atoms with van der Waals surface area (Å²) in [6, 6.07) is 15.3. The van der Waals surface area contributed by atoms with Crippen LogP contribution in [0.1, 0.15) is 57.9 Å². The summed E-state index contributed by atoms with van der Waals surface area (Å²) in [4.78, 5) is 25.1. The summed E-state index contributed by atoms with van der Waals surface area (Å²) in [5.41, 5.74) is 5.94. The zero-order valence-electron chi connectivity index (χ0n) is 17.4. The molecule has 3 aromatic rings. The minimum absolute atomic E-state index is 0.158. The second-order valence-corrected chi connectivity index (χ2v) is 7.45. The van der Waals surface area contributed by atoms with Gasteiger partial charge in [0, 0.05) is 29.1 Å². The lowest BCUT2D eigenvalue weighted by molar-refractivity contribution is 0.0954. The van der Waals surface area contributed by atoms with E-state index in [-0.39, 0.29) is 11.8 Å². The maximum absolute atomic E-state index is 13.0. The van der Waals surface area contributed by atoms with Gasteiger partial charge in [-0.3, -0.25) is 9.59 Å². The molecule has 0 spiro atoms. The van der Waals surface area contributed by atoms with E-state index in [2.05, 4.69) is 46.9 Å². The summed E-state index contributed by atoms with van der Waals surface area (Å²) < 4.78 is 1.90. The largest absolute Gasteiger partial charge is 0.352 e. The first-order valence-corrected chi connectivity index (χ1v) is 10.5. The number of hydrogen-bond donors (Lipinski definition) is 2. The number of aromatic nitrogens is 2. The van der Waals surface area contributed by atoms with Gasteiger partial charge in [-0.25, -0.2) is 4.68 Å². The number of carbonyl (C=O) groups excluding carboxylic acids is 2. The number of rotatable bonds is 6. The Balaban J connectivity index is 1.61. The highest BCUT2D eigenvalue weighted by molar-refractivity contribution is 6.05. The van der Waals surface area contributed by atoms with Crippen molar-refractivity contribution in [3.63, 3.8) is 0 Å². The van der Waals surface area contributed by atoms with E-state index in [1.54, 1.807) is 24.3 Å². The van der Waals surface area contributed by atoms with Crippen LogP contribution in [0.15, 0.2) is 48.5 Å². The molecular weight excluding hydrogens is 376 g/mol. The van der Waals surface area contributed by atoms with Gasteiger partial charge in [0.1, 0.15) is 0 Å². The van der Waals surface area contributed by atoms with Gasteiger partial charge in [0.25, 0.3) is 11.8 Å². The van der Waals surface area contributed by atoms with Crippen LogP contribution in [0.25, 0.3) is 5.69 Å². The van der Waals surface area contributed by atoms with Crippen molar-refractivity contribution in [3.8, 4) is 5.69 Å². The lowest BCUT2D eigenvalue weighted by atomic mass is 10.1. The van der Waals surface area contributed by atoms with Gasteiger partial charge in [-0.05, 0) is 68.5 Å². The van der Waals surface area contributed by atoms with Crippen LogP contribution in [0.5, 0.6) is 0 Å². The van der Waals surface area contributed by atoms with E-state index in [1.807, 2.05) is 11.6 Å². The Bertz CT molecular complexity index is 1080. The first-order valence-electron chi connectivity index (χ1n) is 10.5. The van der Waals surface area contributed by atoms with Gasteiger partial charge >= 0.3 is 0 Å². The van der Waals surface area contributed by atoms with Gasteiger partial charge in [0.2, 0.25) is 0 Å². The fourth-order valence-corrected chi connectivity index (χ4v) is 3.90. The van der Waals surface area contributed by atoms with Crippen LogP contribution in [0.4, 0.5) is 5.69 Å². The molecule has 0 saturated carbocycles. The molecule has 0 fully saturated rings. The average molecular weight is 402 g/mol. The SMILES string of the molecule is CCNC(=O)c1cccc(NC(=O)c2nn(-c3ccc(CC)cc3)c3c2CCC3)c1. The topological polar surface area (TPSA) is 76.0 Å². The van der Waals surface area contributed by atoms with Gasteiger partial charge in [-0.15, -0.1) is 0 Å². The number of nitrogens with one attached hydrogen (secondary N) is 2. The predicted molar refractivity (Wildman–Crippen MR) is 117 cm³/mol. The molecule has 2 amide bonds. The molecule has 1 aliphatic rings. The van der Waals surface area contributed by atoms with E-state index in [4.69, 9.17) is 0 Å². The van der Waals surface area contributed by atoms with Crippen LogP contribution in [0.2, 0.25) is 0 Å². The Morgan fingerprint density at radius 2 is 1.83 bits per heavy atom. The van der Waals surface area contributed by atoms with Crippen molar-refractivity contribution in [1.29, 1.82) is 0 Å². The molecule has 0 unspecified atom stereocenters. The van der Waals surface area contributed by atoms with Gasteiger partial charge < -0.3 is 10.6 Å². The maximum Gasteiger partial charge on any atom is 0.276 e. The van der Waals surface area contributed by atoms with Crippen molar-refractivity contribution in [1.82, 2.24) is 15.1 Å². The molecule has 1 aromatic heterocycles. The number of nitrogens with zero attached hydrogens (tertiary/aromatic N) is 2. The smallest absolute Gasteiger partial charge is 0.276 e. The molecule has 30 heavy (non-hydrogen) atoms. The maximum atomic E-state index is 13.0. The average Bonchev–Trinajstić information content (AvgIpc) is 3.37. The van der Waals surface area contributed by atoms with Crippen molar-refractivity contribution < 1.29 is 9.59 Å². The summed E-state index contributed by atoms with van der Waals surface area (Å²) >= 11 is 0. The molecule has 154 valence electrons. The number of benzene rings is 2. The minimum atomic E-state index is -0.245. The standard InChI is InChI=1S/C24H26N4O2/c1-3-16-11-13-19(14-12-16)28-21-10-6-9-20(21)22(27-28)24(30)26-18-8-5-7-17(15-18)23(29)25-4-2/h5,7-8,11-15H,3-4,6,9-10H2,1-2H3,(H,25,29)(H,26,30). The Hall–Kier alpha value is -3.41. The zero-order chi connectivity index (χ0) is 21.1. The van der Waals surface area contributed by atoms with Gasteiger partial charge in [0.15, 0.2) is 5.69 Å². The minimum Gasteiger partial charge on any atom is -0.352 e. The van der Waals surface area contributed by atoms with Crippen LogP contribution in [0.3, 0.4) is 0 Å². The van der Waals surface area contributed by atoms with Crippen LogP contribution in [0, 0.1) is 0 Å². The molecule has 6 heteroatoms. The Morgan fingerprint density at radius 1 is 1.03 bits per heavy atom. The van der Waals surface area contributed by atoms with Crippen LogP contribution in [-0.2, 0) is 19.3 Å². The molecule has 2 N–H and O–H groups in total. The van der Waals surface area contributed by atoms with Crippen molar-refractivity contribution in [2.45, 2.75) is 39.5 Å². The quantitative estimate of drug-likeness (QED) is 0.656. The number of carbonyl (C=O) groups is 2. The molecule has 0 aliphatic heterocycles. The van der Waals surface area contributed by atoms with Gasteiger partial charge in [0.05, 0.1) is 5.69 Å². The summed E-state index contributed by atoms with van der Waals surface area (Å²) in [7, 11) is 0. The van der Waals surface area contributed by atoms with E-state index in [0.717, 1.165) is 42.6 Å². The molecule has 1 aliphatic carbocycles. The highest BCUT2D eigenvalue weighted by Crippen LogP contribution is 2.28. The summed E-state index contributed by atoms with van der Waals surface area (Å²) in [5.74, 6) is -0.403. The Kier molecular flexibility index (Phi) is 5.65. The van der Waals surface area contributed by atoms with Crippen LogP contribution >= 0.6 is 0 Å². The molecule has 4 rings (SSSR count). The van der Waals surface area contributed by atoms with Crippen LogP contribution in [-0.4, -0.2) is 28.1 Å². The lowest BCUT2D eigenvalue weighted by Gasteiger charge is -2.08. The lowest BCUT2D eigenvalue weighted by Crippen LogP contribution is -2.23. The predicted octanol–water partition coefficient (Wildman–Crippen LogP) is 3.93. The first-order chi connectivity index (χ1) is 14.6. The van der Waals surface area contributed by atoms with Crippen molar-refractivity contribution >= 4 is 17.5 Å². The van der Waals surface area contributed by atoms with Crippen molar-refractivity contribution in [2.24, 2.45) is 0 Å². The summed E-state index contributed by atoms with van der Waals surface area (Å²) in [6.07, 6.45) is 3.77. The van der Waals surface area contributed by atoms with Gasteiger partial charge in [-0.1, -0.05) is 25.1 Å². The Labute approximate surface area is 176 Å². The zero-order valence-corrected chi connectivity index (χ0v) is 17.4. The molecule has 0 saturated heterocycles. The van der Waals surface area contributed by atoms with Crippen molar-refractivity contribution in [2.75, 3.05) is 11.9 Å². The molecule has 0 bridgehead atoms. The Morgan fingerprint density at radius 3 is 2.57 bits per heavy atom.